The number of methoxy groups -OCH3 is 1. The summed E-state index contributed by atoms with van der Waals surface area (Å²) in [6.07, 6.45) is -2.81. The molecule has 0 unspecified atom stereocenters. The van der Waals surface area contributed by atoms with Crippen molar-refractivity contribution in [3.63, 3.8) is 0 Å². The Morgan fingerprint density at radius 1 is 1.25 bits per heavy atom. The van der Waals surface area contributed by atoms with Crippen LogP contribution in [0.5, 0.6) is 0 Å². The molecular weight excluding hydrogens is 386 g/mol. The van der Waals surface area contributed by atoms with E-state index >= 15 is 0 Å². The highest BCUT2D eigenvalue weighted by molar-refractivity contribution is 5.88. The highest BCUT2D eigenvalue weighted by atomic mass is 19.4. The number of halogens is 4. The molecule has 2 aromatic rings. The van der Waals surface area contributed by atoms with Crippen molar-refractivity contribution in [3.8, 4) is 5.69 Å². The van der Waals surface area contributed by atoms with E-state index in [-0.39, 0.29) is 26.5 Å². The number of aliphatic imine (C=N–C) groups is 1. The molecule has 0 N–H and O–H groups in total. The molecule has 0 spiro atoms. The van der Waals surface area contributed by atoms with Gasteiger partial charge in [-0.05, 0) is 18.9 Å². The van der Waals surface area contributed by atoms with Gasteiger partial charge in [0.15, 0.2) is 0 Å². The van der Waals surface area contributed by atoms with Crippen molar-refractivity contribution in [3.05, 3.63) is 62.2 Å². The lowest BCUT2D eigenvalue weighted by Gasteiger charge is -2.15. The summed E-state index contributed by atoms with van der Waals surface area (Å²) in [5.74, 6) is -1.85. The molecule has 0 amide bonds. The average molecular weight is 399 g/mol. The largest absolute Gasteiger partial charge is 0.466 e. The normalized spacial score (nSPS) is 11.6. The number of carbonyl (C=O) groups excluding carboxylic acids is 1. The first-order valence-electron chi connectivity index (χ1n) is 7.48. The lowest BCUT2D eigenvalue weighted by Crippen LogP contribution is -2.41. The molecule has 11 heteroatoms. The fourth-order valence-corrected chi connectivity index (χ4v) is 2.35. The van der Waals surface area contributed by atoms with Crippen LogP contribution in [0.15, 0.2) is 38.9 Å². The number of carbonyl (C=O) groups is 1. The summed E-state index contributed by atoms with van der Waals surface area (Å²) >= 11 is 0. The van der Waals surface area contributed by atoms with Crippen LogP contribution >= 0.6 is 0 Å². The third-order valence-electron chi connectivity index (χ3n) is 3.72. The molecule has 7 nitrogen and oxygen atoms in total. The molecular formula is C17H13F4N3O4. The Hall–Kier alpha value is -3.50. The molecule has 0 bridgehead atoms. The molecule has 0 aliphatic carbocycles. The van der Waals surface area contributed by atoms with E-state index in [1.807, 2.05) is 0 Å². The van der Waals surface area contributed by atoms with Crippen molar-refractivity contribution >= 4 is 24.5 Å². The van der Waals surface area contributed by atoms with Gasteiger partial charge >= 0.3 is 17.8 Å². The van der Waals surface area contributed by atoms with E-state index < -0.39 is 40.6 Å². The van der Waals surface area contributed by atoms with Crippen LogP contribution in [0, 0.1) is 5.82 Å². The second-order valence-corrected chi connectivity index (χ2v) is 5.42. The van der Waals surface area contributed by atoms with E-state index in [1.165, 1.54) is 6.08 Å². The number of hydrogen-bond donors (Lipinski definition) is 0. The van der Waals surface area contributed by atoms with Crippen molar-refractivity contribution in [2.24, 2.45) is 12.0 Å². The van der Waals surface area contributed by atoms with Gasteiger partial charge in [0.1, 0.15) is 11.5 Å². The van der Waals surface area contributed by atoms with Crippen molar-refractivity contribution in [2.75, 3.05) is 7.11 Å². The van der Waals surface area contributed by atoms with Crippen LogP contribution in [-0.4, -0.2) is 28.9 Å². The van der Waals surface area contributed by atoms with Crippen LogP contribution in [0.1, 0.15) is 11.3 Å². The zero-order valence-electron chi connectivity index (χ0n) is 14.6. The van der Waals surface area contributed by atoms with Crippen molar-refractivity contribution in [1.29, 1.82) is 0 Å². The van der Waals surface area contributed by atoms with E-state index in [0.717, 1.165) is 32.4 Å². The summed E-state index contributed by atoms with van der Waals surface area (Å²) in [4.78, 5) is 39.3. The summed E-state index contributed by atoms with van der Waals surface area (Å²) in [6.45, 7) is 3.24. The van der Waals surface area contributed by atoms with E-state index in [2.05, 4.69) is 16.4 Å². The third-order valence-corrected chi connectivity index (χ3v) is 3.72. The second kappa shape index (κ2) is 7.62. The Bertz CT molecular complexity index is 1100. The summed E-state index contributed by atoms with van der Waals surface area (Å²) < 4.78 is 58.1. The van der Waals surface area contributed by atoms with Gasteiger partial charge in [-0.15, -0.1) is 0 Å². The first kappa shape index (κ1) is 20.8. The molecule has 0 saturated carbocycles. The molecule has 0 radical (unpaired) electrons. The molecule has 0 atom stereocenters. The van der Waals surface area contributed by atoms with E-state index in [4.69, 9.17) is 0 Å². The van der Waals surface area contributed by atoms with Gasteiger partial charge < -0.3 is 4.74 Å². The van der Waals surface area contributed by atoms with Gasteiger partial charge in [0, 0.05) is 30.8 Å². The molecule has 2 rings (SSSR count). The number of benzene rings is 1. The maximum atomic E-state index is 14.5. The van der Waals surface area contributed by atoms with Crippen molar-refractivity contribution < 1.29 is 27.1 Å². The molecule has 0 aliphatic rings. The quantitative estimate of drug-likeness (QED) is 0.342. The lowest BCUT2D eigenvalue weighted by molar-refractivity contribution is -0.144. The molecule has 148 valence electrons. The number of nitrogens with zero attached hydrogens (tertiary/aromatic N) is 3. The number of aromatic nitrogens is 2. The predicted molar refractivity (Wildman–Crippen MR) is 92.5 cm³/mol. The maximum absolute atomic E-state index is 14.5. The number of rotatable bonds is 4. The minimum absolute atomic E-state index is 0.0295. The van der Waals surface area contributed by atoms with E-state index in [0.29, 0.717) is 0 Å². The van der Waals surface area contributed by atoms with E-state index in [1.54, 1.807) is 0 Å². The molecule has 1 aromatic carbocycles. The molecule has 1 aromatic heterocycles. The summed E-state index contributed by atoms with van der Waals surface area (Å²) in [6, 6.07) is 1.99. The van der Waals surface area contributed by atoms with Crippen molar-refractivity contribution in [1.82, 2.24) is 9.13 Å². The fraction of sp³-hybridized carbons (Fsp3) is 0.176. The average Bonchev–Trinajstić information content (AvgIpc) is 2.63. The molecule has 0 aliphatic heterocycles. The van der Waals surface area contributed by atoms with Crippen LogP contribution in [0.25, 0.3) is 11.8 Å². The van der Waals surface area contributed by atoms with Gasteiger partial charge in [0.2, 0.25) is 0 Å². The molecule has 28 heavy (non-hydrogen) atoms. The van der Waals surface area contributed by atoms with Gasteiger partial charge in [-0.25, -0.2) is 18.5 Å². The zero-order chi connectivity index (χ0) is 21.2. The molecule has 1 heterocycles. The SMILES string of the molecule is C=Nc1cc(F)c(-n2c(=O)cc(C(F)(F)F)n(C)c2=O)cc1/C=C/C(=O)OC. The maximum Gasteiger partial charge on any atom is 0.431 e. The van der Waals surface area contributed by atoms with Crippen molar-refractivity contribution in [2.45, 2.75) is 6.18 Å². The summed E-state index contributed by atoms with van der Waals surface area (Å²) in [5, 5.41) is 0. The van der Waals surface area contributed by atoms with Crippen LogP contribution in [0.4, 0.5) is 23.2 Å². The number of hydrogen-bond acceptors (Lipinski definition) is 5. The minimum atomic E-state index is -4.95. The number of esters is 1. The Kier molecular flexibility index (Phi) is 5.67. The third kappa shape index (κ3) is 3.92. The molecule has 0 fully saturated rings. The fourth-order valence-electron chi connectivity index (χ4n) is 2.35. The summed E-state index contributed by atoms with van der Waals surface area (Å²) in [5.41, 5.74) is -4.83. The highest BCUT2D eigenvalue weighted by Gasteiger charge is 2.35. The predicted octanol–water partition coefficient (Wildman–Crippen LogP) is 2.21. The van der Waals surface area contributed by atoms with Crippen LogP contribution in [-0.2, 0) is 22.8 Å². The molecule has 0 saturated heterocycles. The van der Waals surface area contributed by atoms with Gasteiger partial charge in [-0.3, -0.25) is 14.4 Å². The van der Waals surface area contributed by atoms with Gasteiger partial charge in [-0.1, -0.05) is 0 Å². The Morgan fingerprint density at radius 2 is 1.89 bits per heavy atom. The van der Waals surface area contributed by atoms with Gasteiger partial charge in [-0.2, -0.15) is 13.2 Å². The van der Waals surface area contributed by atoms with Gasteiger partial charge in [0.05, 0.1) is 18.5 Å². The first-order chi connectivity index (χ1) is 13.0. The van der Waals surface area contributed by atoms with Crippen LogP contribution < -0.4 is 11.2 Å². The standard InChI is InChI=1S/C17H13F4N3O4/c1-22-11-7-10(18)12(6-9(11)4-5-15(26)28-3)24-14(25)8-13(17(19,20)21)23(2)16(24)27/h4-8H,1H2,2-3H3/b5-4+. The minimum Gasteiger partial charge on any atom is -0.466 e. The lowest BCUT2D eigenvalue weighted by atomic mass is 10.1. The van der Waals surface area contributed by atoms with Crippen LogP contribution in [0.2, 0.25) is 0 Å². The van der Waals surface area contributed by atoms with Gasteiger partial charge in [0.25, 0.3) is 5.56 Å². The second-order valence-electron chi connectivity index (χ2n) is 5.42. The monoisotopic (exact) mass is 399 g/mol. The topological polar surface area (TPSA) is 82.7 Å². The van der Waals surface area contributed by atoms with E-state index in [9.17, 15) is 31.9 Å². The highest BCUT2D eigenvalue weighted by Crippen LogP contribution is 2.28. The Balaban J connectivity index is 2.79. The van der Waals surface area contributed by atoms with Crippen LogP contribution in [0.3, 0.4) is 0 Å². The first-order valence-corrected chi connectivity index (χ1v) is 7.48. The Labute approximate surface area is 154 Å². The number of alkyl halides is 3. The summed E-state index contributed by atoms with van der Waals surface area (Å²) in [7, 11) is 1.93. The Morgan fingerprint density at radius 3 is 2.43 bits per heavy atom. The smallest absolute Gasteiger partial charge is 0.431 e. The zero-order valence-corrected chi connectivity index (χ0v) is 14.6. The number of ether oxygens (including phenoxy) is 1.